The molecule has 0 radical (unpaired) electrons. The second-order valence-corrected chi connectivity index (χ2v) is 3.82. The number of hydrogen-bond acceptors (Lipinski definition) is 1. The van der Waals surface area contributed by atoms with Gasteiger partial charge in [0.05, 0.1) is 0 Å². The maximum Gasteiger partial charge on any atom is 0.248 e. The number of carbonyl (C=O) groups is 1. The number of carbonyl (C=O) groups excluding carboxylic acids is 1. The number of aryl methyl sites for hydroxylation is 1. The molecule has 0 saturated carbocycles. The Kier molecular flexibility index (Phi) is 5.58. The molecule has 1 nitrogen and oxygen atoms in total. The highest BCUT2D eigenvalue weighted by atomic mass is 35.5. The van der Waals surface area contributed by atoms with Gasteiger partial charge in [-0.3, -0.25) is 4.79 Å². The van der Waals surface area contributed by atoms with Gasteiger partial charge < -0.3 is 0 Å². The van der Waals surface area contributed by atoms with Crippen molar-refractivity contribution in [3.8, 4) is 0 Å². The lowest BCUT2D eigenvalue weighted by Crippen LogP contribution is -1.96. The van der Waals surface area contributed by atoms with E-state index in [1.54, 1.807) is 6.08 Å². The minimum atomic E-state index is -0.367. The van der Waals surface area contributed by atoms with Gasteiger partial charge >= 0.3 is 0 Å². The number of rotatable bonds is 5. The first-order valence-electron chi connectivity index (χ1n) is 5.29. The lowest BCUT2D eigenvalue weighted by molar-refractivity contribution is -0.108. The van der Waals surface area contributed by atoms with E-state index >= 15 is 0 Å². The Labute approximate surface area is 101 Å². The highest BCUT2D eigenvalue weighted by Gasteiger charge is 2.05. The second kappa shape index (κ2) is 7.02. The van der Waals surface area contributed by atoms with Gasteiger partial charge in [-0.05, 0) is 36.9 Å². The molecule has 0 bridgehead atoms. The summed E-state index contributed by atoms with van der Waals surface area (Å²) in [5.41, 5.74) is 1.87. The highest BCUT2D eigenvalue weighted by molar-refractivity contribution is 6.67. The number of hydrogen-bond donors (Lipinski definition) is 0. The van der Waals surface area contributed by atoms with Crippen LogP contribution in [0.2, 0.25) is 0 Å². The average molecular weight is 235 g/mol. The van der Waals surface area contributed by atoms with Gasteiger partial charge in [0.25, 0.3) is 0 Å². The van der Waals surface area contributed by atoms with Crippen LogP contribution in [0.1, 0.15) is 18.9 Å². The molecule has 0 fully saturated rings. The molecule has 0 heterocycles. The standard InChI is InChI=1S/C14H15ClO/c1-2-3-9-13(14(15)16)11-10-12-7-5-4-6-8-12/h2-9H,10-11H2,1H3/b3-2+,13-9+. The van der Waals surface area contributed by atoms with Gasteiger partial charge in [0, 0.05) is 5.57 Å². The molecule has 2 heteroatoms. The summed E-state index contributed by atoms with van der Waals surface area (Å²) < 4.78 is 0. The molecule has 16 heavy (non-hydrogen) atoms. The summed E-state index contributed by atoms with van der Waals surface area (Å²) in [5, 5.41) is -0.367. The van der Waals surface area contributed by atoms with E-state index in [0.717, 1.165) is 6.42 Å². The molecule has 1 aromatic carbocycles. The van der Waals surface area contributed by atoms with Crippen LogP contribution in [0.25, 0.3) is 0 Å². The Bertz CT molecular complexity index is 390. The van der Waals surface area contributed by atoms with Crippen molar-refractivity contribution in [2.45, 2.75) is 19.8 Å². The molecule has 1 aromatic rings. The quantitative estimate of drug-likeness (QED) is 0.429. The van der Waals surface area contributed by atoms with Crippen LogP contribution in [0.15, 0.2) is 54.1 Å². The minimum Gasteiger partial charge on any atom is -0.276 e. The topological polar surface area (TPSA) is 17.1 Å². The lowest BCUT2D eigenvalue weighted by atomic mass is 10.1. The van der Waals surface area contributed by atoms with Crippen LogP contribution in [0.3, 0.4) is 0 Å². The van der Waals surface area contributed by atoms with E-state index in [9.17, 15) is 4.79 Å². The fourth-order valence-electron chi connectivity index (χ4n) is 1.38. The summed E-state index contributed by atoms with van der Waals surface area (Å²) in [7, 11) is 0. The zero-order chi connectivity index (χ0) is 11.8. The van der Waals surface area contributed by atoms with Crippen LogP contribution in [0.5, 0.6) is 0 Å². The fourth-order valence-corrected chi connectivity index (χ4v) is 1.54. The van der Waals surface area contributed by atoms with Crippen LogP contribution in [-0.4, -0.2) is 5.24 Å². The Morgan fingerprint density at radius 1 is 1.31 bits per heavy atom. The van der Waals surface area contributed by atoms with Gasteiger partial charge in [0.1, 0.15) is 0 Å². The van der Waals surface area contributed by atoms with Crippen molar-refractivity contribution in [1.29, 1.82) is 0 Å². The molecule has 0 aliphatic rings. The van der Waals surface area contributed by atoms with E-state index in [4.69, 9.17) is 11.6 Å². The average Bonchev–Trinajstić information content (AvgIpc) is 2.30. The van der Waals surface area contributed by atoms with Gasteiger partial charge in [0.15, 0.2) is 0 Å². The van der Waals surface area contributed by atoms with Crippen molar-refractivity contribution in [1.82, 2.24) is 0 Å². The Morgan fingerprint density at radius 2 is 2.00 bits per heavy atom. The van der Waals surface area contributed by atoms with Crippen LogP contribution in [0.4, 0.5) is 0 Å². The van der Waals surface area contributed by atoms with Crippen molar-refractivity contribution in [3.05, 3.63) is 59.7 Å². The molecular weight excluding hydrogens is 220 g/mol. The predicted molar refractivity (Wildman–Crippen MR) is 68.5 cm³/mol. The normalized spacial score (nSPS) is 12.0. The maximum absolute atomic E-state index is 11.1. The fraction of sp³-hybridized carbons (Fsp3) is 0.214. The van der Waals surface area contributed by atoms with E-state index in [2.05, 4.69) is 0 Å². The van der Waals surface area contributed by atoms with Crippen LogP contribution < -0.4 is 0 Å². The van der Waals surface area contributed by atoms with Crippen LogP contribution >= 0.6 is 11.6 Å². The minimum absolute atomic E-state index is 0.367. The summed E-state index contributed by atoms with van der Waals surface area (Å²) in [6, 6.07) is 10.1. The lowest BCUT2D eigenvalue weighted by Gasteiger charge is -2.02. The first kappa shape index (κ1) is 12.7. The number of allylic oxidation sites excluding steroid dienone is 4. The van der Waals surface area contributed by atoms with E-state index < -0.39 is 0 Å². The van der Waals surface area contributed by atoms with Crippen molar-refractivity contribution in [2.75, 3.05) is 0 Å². The summed E-state index contributed by atoms with van der Waals surface area (Å²) >= 11 is 5.50. The van der Waals surface area contributed by atoms with E-state index in [0.29, 0.717) is 12.0 Å². The molecule has 0 spiro atoms. The van der Waals surface area contributed by atoms with E-state index in [1.165, 1.54) is 5.56 Å². The molecule has 0 aliphatic carbocycles. The second-order valence-electron chi connectivity index (χ2n) is 3.48. The summed E-state index contributed by atoms with van der Waals surface area (Å²) in [6.45, 7) is 1.91. The molecule has 0 unspecified atom stereocenters. The molecule has 0 aromatic heterocycles. The number of benzene rings is 1. The van der Waals surface area contributed by atoms with Crippen molar-refractivity contribution >= 4 is 16.8 Å². The van der Waals surface area contributed by atoms with Gasteiger partial charge in [-0.15, -0.1) is 0 Å². The summed E-state index contributed by atoms with van der Waals surface area (Å²) in [6.07, 6.45) is 7.00. The van der Waals surface area contributed by atoms with Gasteiger partial charge in [-0.2, -0.15) is 0 Å². The maximum atomic E-state index is 11.1. The molecule has 1 rings (SSSR count). The third-order valence-corrected chi connectivity index (χ3v) is 2.51. The summed E-state index contributed by atoms with van der Waals surface area (Å²) in [5.74, 6) is 0. The third kappa shape index (κ3) is 4.45. The van der Waals surface area contributed by atoms with Gasteiger partial charge in [-0.25, -0.2) is 0 Å². The smallest absolute Gasteiger partial charge is 0.248 e. The first-order chi connectivity index (χ1) is 7.74. The molecule has 0 saturated heterocycles. The van der Waals surface area contributed by atoms with Crippen LogP contribution in [-0.2, 0) is 11.2 Å². The molecular formula is C14H15ClO. The zero-order valence-electron chi connectivity index (χ0n) is 9.32. The molecule has 0 aliphatic heterocycles. The van der Waals surface area contributed by atoms with Gasteiger partial charge in [-0.1, -0.05) is 48.6 Å². The van der Waals surface area contributed by atoms with Crippen molar-refractivity contribution in [3.63, 3.8) is 0 Å². The highest BCUT2D eigenvalue weighted by Crippen LogP contribution is 2.12. The van der Waals surface area contributed by atoms with E-state index in [1.807, 2.05) is 49.4 Å². The largest absolute Gasteiger partial charge is 0.276 e. The molecule has 0 N–H and O–H groups in total. The Balaban J connectivity index is 2.61. The zero-order valence-corrected chi connectivity index (χ0v) is 10.1. The van der Waals surface area contributed by atoms with Crippen molar-refractivity contribution in [2.24, 2.45) is 0 Å². The Morgan fingerprint density at radius 3 is 2.56 bits per heavy atom. The predicted octanol–water partition coefficient (Wildman–Crippen LogP) is 3.89. The molecule has 84 valence electrons. The number of halogens is 1. The monoisotopic (exact) mass is 234 g/mol. The summed E-state index contributed by atoms with van der Waals surface area (Å²) in [4.78, 5) is 11.1. The van der Waals surface area contributed by atoms with Gasteiger partial charge in [0.2, 0.25) is 5.24 Å². The van der Waals surface area contributed by atoms with Crippen molar-refractivity contribution < 1.29 is 4.79 Å². The molecule has 0 atom stereocenters. The third-order valence-electron chi connectivity index (χ3n) is 2.27. The van der Waals surface area contributed by atoms with E-state index in [-0.39, 0.29) is 5.24 Å². The molecule has 0 amide bonds. The first-order valence-corrected chi connectivity index (χ1v) is 5.67. The SMILES string of the molecule is C/C=C/C=C(\CCc1ccccc1)C(=O)Cl. The Hall–Kier alpha value is -1.34. The van der Waals surface area contributed by atoms with Crippen LogP contribution in [0, 0.1) is 0 Å².